The molecule has 32 heavy (non-hydrogen) atoms. The van der Waals surface area contributed by atoms with Crippen LogP contribution in [0.15, 0.2) is 59.7 Å². The lowest BCUT2D eigenvalue weighted by atomic mass is 10.1. The Bertz CT molecular complexity index is 1080. The minimum atomic E-state index is -0.453. The molecule has 0 atom stereocenters. The smallest absolute Gasteiger partial charge is 0.291 e. The quantitative estimate of drug-likeness (QED) is 0.177. The normalized spacial score (nSPS) is 10.9. The molecule has 166 valence electrons. The van der Waals surface area contributed by atoms with Crippen LogP contribution in [-0.2, 0) is 0 Å². The van der Waals surface area contributed by atoms with E-state index in [1.807, 2.05) is 43.3 Å². The van der Waals surface area contributed by atoms with Gasteiger partial charge in [-0.25, -0.2) is 10.4 Å². The molecule has 0 saturated carbocycles. The maximum atomic E-state index is 12.6. The molecule has 3 aromatic rings. The van der Waals surface area contributed by atoms with Crippen LogP contribution in [0.4, 0.5) is 0 Å². The number of ketones is 1. The third-order valence-electron chi connectivity index (χ3n) is 4.79. The van der Waals surface area contributed by atoms with Crippen molar-refractivity contribution in [3.05, 3.63) is 70.7 Å². The van der Waals surface area contributed by atoms with Crippen molar-refractivity contribution in [2.75, 3.05) is 6.61 Å². The molecule has 1 aromatic heterocycles. The molecular weight excluding hydrogens is 422 g/mol. The van der Waals surface area contributed by atoms with Crippen molar-refractivity contribution < 1.29 is 14.3 Å². The highest BCUT2D eigenvalue weighted by Crippen LogP contribution is 2.27. The number of nitrogens with zero attached hydrogens (tertiary/aromatic N) is 2. The molecule has 0 unspecified atom stereocenters. The number of benzene rings is 2. The lowest BCUT2D eigenvalue weighted by molar-refractivity contribution is 0.0950. The van der Waals surface area contributed by atoms with Crippen molar-refractivity contribution >= 4 is 29.2 Å². The number of unbranched alkanes of at least 4 members (excludes halogenated alkanes) is 3. The Balaban J connectivity index is 1.60. The van der Waals surface area contributed by atoms with Gasteiger partial charge in [0.15, 0.2) is 0 Å². The van der Waals surface area contributed by atoms with Crippen molar-refractivity contribution in [3.63, 3.8) is 0 Å². The van der Waals surface area contributed by atoms with Gasteiger partial charge < -0.3 is 4.74 Å². The number of para-hydroxylation sites is 1. The van der Waals surface area contributed by atoms with Gasteiger partial charge in [0.25, 0.3) is 5.91 Å². The molecule has 1 N–H and O–H groups in total. The molecule has 0 aliphatic carbocycles. The maximum absolute atomic E-state index is 12.6. The van der Waals surface area contributed by atoms with Gasteiger partial charge in [0.05, 0.1) is 18.4 Å². The van der Waals surface area contributed by atoms with Crippen molar-refractivity contribution in [1.82, 2.24) is 10.4 Å². The van der Waals surface area contributed by atoms with E-state index < -0.39 is 5.91 Å². The first-order chi connectivity index (χ1) is 15.6. The second kappa shape index (κ2) is 11.9. The van der Waals surface area contributed by atoms with Crippen molar-refractivity contribution in [2.45, 2.75) is 39.5 Å². The second-order valence-electron chi connectivity index (χ2n) is 7.26. The third-order valence-corrected chi connectivity index (χ3v) is 5.81. The van der Waals surface area contributed by atoms with E-state index in [4.69, 9.17) is 4.74 Å². The van der Waals surface area contributed by atoms with Gasteiger partial charge in [-0.2, -0.15) is 5.10 Å². The number of carbonyl (C=O) groups is 2. The van der Waals surface area contributed by atoms with Crippen molar-refractivity contribution in [2.24, 2.45) is 5.10 Å². The monoisotopic (exact) mass is 449 g/mol. The Morgan fingerprint density at radius 3 is 2.59 bits per heavy atom. The minimum absolute atomic E-state index is 0.300. The highest BCUT2D eigenvalue weighted by atomic mass is 32.1. The molecule has 0 radical (unpaired) electrons. The van der Waals surface area contributed by atoms with Crippen LogP contribution in [0.5, 0.6) is 5.75 Å². The summed E-state index contributed by atoms with van der Waals surface area (Å²) < 4.78 is 5.78. The lowest BCUT2D eigenvalue weighted by Crippen LogP contribution is -2.20. The zero-order valence-corrected chi connectivity index (χ0v) is 19.2. The predicted molar refractivity (Wildman–Crippen MR) is 129 cm³/mol. The molecular formula is C25H27N3O3S. The number of aromatic nitrogens is 1. The lowest BCUT2D eigenvalue weighted by Gasteiger charge is -2.09. The van der Waals surface area contributed by atoms with E-state index in [0.29, 0.717) is 23.6 Å². The first-order valence-corrected chi connectivity index (χ1v) is 11.5. The second-order valence-corrected chi connectivity index (χ2v) is 8.46. The van der Waals surface area contributed by atoms with E-state index in [2.05, 4.69) is 22.4 Å². The van der Waals surface area contributed by atoms with E-state index in [0.717, 1.165) is 40.9 Å². The summed E-state index contributed by atoms with van der Waals surface area (Å²) in [5.74, 6) is -0.269. The molecule has 2 aromatic carbocycles. The Hall–Kier alpha value is -3.32. The zero-order chi connectivity index (χ0) is 22.8. The van der Waals surface area contributed by atoms with Crippen LogP contribution >= 0.6 is 11.3 Å². The summed E-state index contributed by atoms with van der Waals surface area (Å²) in [6.07, 6.45) is 5.46. The van der Waals surface area contributed by atoms with Gasteiger partial charge in [-0.15, -0.1) is 11.3 Å². The highest BCUT2D eigenvalue weighted by molar-refractivity contribution is 7.15. The third kappa shape index (κ3) is 6.34. The summed E-state index contributed by atoms with van der Waals surface area (Å²) in [6, 6.07) is 16.7. The number of ether oxygens (including phenoxy) is 1. The molecule has 0 bridgehead atoms. The summed E-state index contributed by atoms with van der Waals surface area (Å²) in [4.78, 5) is 30.3. The molecule has 3 rings (SSSR count). The van der Waals surface area contributed by atoms with Gasteiger partial charge in [-0.1, -0.05) is 68.7 Å². The van der Waals surface area contributed by atoms with Crippen LogP contribution in [0.2, 0.25) is 0 Å². The van der Waals surface area contributed by atoms with Crippen LogP contribution < -0.4 is 10.2 Å². The number of carbonyl (C=O) groups excluding carboxylic acids is 2. The molecule has 0 aliphatic heterocycles. The summed E-state index contributed by atoms with van der Waals surface area (Å²) in [5.41, 5.74) is 4.07. The first-order valence-electron chi connectivity index (χ1n) is 10.7. The molecule has 0 saturated heterocycles. The minimum Gasteiger partial charge on any atom is -0.493 e. The van der Waals surface area contributed by atoms with Crippen LogP contribution in [0.25, 0.3) is 10.6 Å². The average molecular weight is 450 g/mol. The van der Waals surface area contributed by atoms with Gasteiger partial charge in [0.1, 0.15) is 16.5 Å². The topological polar surface area (TPSA) is 80.6 Å². The van der Waals surface area contributed by atoms with Gasteiger partial charge >= 0.3 is 0 Å². The number of hydrogen-bond acceptors (Lipinski definition) is 6. The van der Waals surface area contributed by atoms with E-state index in [1.54, 1.807) is 18.2 Å². The number of Topliss-reactive ketones (excluding diaryl/α,β-unsaturated/α-hetero) is 1. The maximum Gasteiger partial charge on any atom is 0.291 e. The SMILES string of the molecule is CCCCCCOc1ccccc1C(=O)/C=N\NC(=O)c1nc(-c2ccccc2)sc1C. The number of rotatable bonds is 11. The number of hydrogen-bond donors (Lipinski definition) is 1. The molecule has 1 amide bonds. The van der Waals surface area contributed by atoms with Gasteiger partial charge in [0, 0.05) is 10.4 Å². The average Bonchev–Trinajstić information content (AvgIpc) is 3.21. The van der Waals surface area contributed by atoms with Gasteiger partial charge in [0.2, 0.25) is 5.78 Å². The van der Waals surface area contributed by atoms with Crippen molar-refractivity contribution in [1.29, 1.82) is 0 Å². The van der Waals surface area contributed by atoms with E-state index in [9.17, 15) is 9.59 Å². The predicted octanol–water partition coefficient (Wildman–Crippen LogP) is 5.68. The number of aryl methyl sites for hydroxylation is 1. The first kappa shape index (κ1) is 23.3. The van der Waals surface area contributed by atoms with Gasteiger partial charge in [-0.3, -0.25) is 9.59 Å². The largest absolute Gasteiger partial charge is 0.493 e. The molecule has 7 heteroatoms. The zero-order valence-electron chi connectivity index (χ0n) is 18.3. The van der Waals surface area contributed by atoms with Crippen molar-refractivity contribution in [3.8, 4) is 16.3 Å². The highest BCUT2D eigenvalue weighted by Gasteiger charge is 2.16. The van der Waals surface area contributed by atoms with E-state index in [-0.39, 0.29) is 5.78 Å². The summed E-state index contributed by atoms with van der Waals surface area (Å²) in [7, 11) is 0. The van der Waals surface area contributed by atoms with Gasteiger partial charge in [-0.05, 0) is 25.5 Å². The van der Waals surface area contributed by atoms with Crippen LogP contribution in [0, 0.1) is 6.92 Å². The number of amides is 1. The fourth-order valence-electron chi connectivity index (χ4n) is 3.09. The molecule has 0 aliphatic rings. The number of nitrogens with one attached hydrogen (secondary N) is 1. The summed E-state index contributed by atoms with van der Waals surface area (Å²) >= 11 is 1.44. The summed E-state index contributed by atoms with van der Waals surface area (Å²) in [5, 5.41) is 4.61. The molecule has 0 spiro atoms. The Morgan fingerprint density at radius 1 is 1.06 bits per heavy atom. The Morgan fingerprint density at radius 2 is 1.81 bits per heavy atom. The Labute approximate surface area is 192 Å². The summed E-state index contributed by atoms with van der Waals surface area (Å²) in [6.45, 7) is 4.55. The van der Waals surface area contributed by atoms with Crippen LogP contribution in [0.1, 0.15) is 58.3 Å². The molecule has 0 fully saturated rings. The molecule has 1 heterocycles. The van der Waals surface area contributed by atoms with E-state index >= 15 is 0 Å². The molecule has 6 nitrogen and oxygen atoms in total. The Kier molecular flexibility index (Phi) is 8.69. The van der Waals surface area contributed by atoms with E-state index in [1.165, 1.54) is 17.8 Å². The standard InChI is InChI=1S/C25H27N3O3S/c1-3-4-5-11-16-31-22-15-10-9-14-20(22)21(29)17-26-28-24(30)23-18(2)32-25(27-23)19-12-7-6-8-13-19/h6-10,12-15,17H,3-5,11,16H2,1-2H3,(H,28,30)/b26-17-. The number of hydrazone groups is 1. The fourth-order valence-corrected chi connectivity index (χ4v) is 4.01. The van der Waals surface area contributed by atoms with Crippen LogP contribution in [0.3, 0.4) is 0 Å². The fraction of sp³-hybridized carbons (Fsp3) is 0.280. The number of thiazole rings is 1. The van der Waals surface area contributed by atoms with Crippen LogP contribution in [-0.4, -0.2) is 29.5 Å².